The van der Waals surface area contributed by atoms with E-state index >= 15 is 0 Å². The van der Waals surface area contributed by atoms with Crippen molar-refractivity contribution in [3.05, 3.63) is 49.1 Å². The predicted octanol–water partition coefficient (Wildman–Crippen LogP) is -2.16. The number of amides is 7. The maximum atomic E-state index is 13.6. The normalized spacial score (nSPS) is 24.1. The van der Waals surface area contributed by atoms with Gasteiger partial charge in [0.2, 0.25) is 35.4 Å². The van der Waals surface area contributed by atoms with Crippen LogP contribution in [0.5, 0.6) is 0 Å². The lowest BCUT2D eigenvalue weighted by molar-refractivity contribution is -0.133. The van der Waals surface area contributed by atoms with Crippen molar-refractivity contribution in [1.29, 1.82) is 0 Å². The second-order valence-corrected chi connectivity index (χ2v) is 10.6. The first kappa shape index (κ1) is 34.2. The fourth-order valence-corrected chi connectivity index (χ4v) is 4.37. The van der Waals surface area contributed by atoms with Crippen LogP contribution in [0.3, 0.4) is 0 Å². The average molecular weight is 627 g/mol. The van der Waals surface area contributed by atoms with Crippen LogP contribution in [0.15, 0.2) is 52.7 Å². The Kier molecular flexibility index (Phi) is 12.6. The van der Waals surface area contributed by atoms with Crippen molar-refractivity contribution < 1.29 is 38.0 Å². The third kappa shape index (κ3) is 11.4. The number of aliphatic imine (C=N–C) groups is 1. The summed E-state index contributed by atoms with van der Waals surface area (Å²) in [6, 6.07) is -1.65. The van der Waals surface area contributed by atoms with Crippen LogP contribution >= 0.6 is 0 Å². The Morgan fingerprint density at radius 3 is 2.27 bits per heavy atom. The van der Waals surface area contributed by atoms with Gasteiger partial charge in [0.15, 0.2) is 0 Å². The minimum atomic E-state index is -1.35. The zero-order chi connectivity index (χ0) is 32.9. The fraction of sp³-hybridized carbons (Fsp3) is 0.448. The Bertz CT molecular complexity index is 1350. The van der Waals surface area contributed by atoms with E-state index in [9.17, 15) is 33.6 Å². The number of nitrogens with zero attached hydrogens (tertiary/aromatic N) is 1. The molecule has 0 aromatic carbocycles. The van der Waals surface area contributed by atoms with E-state index in [1.165, 1.54) is 19.4 Å². The smallest absolute Gasteiger partial charge is 0.265 e. The monoisotopic (exact) mass is 626 g/mol. The standard InChI is InChI=1S/C29H38N8O8/c1-3-31-16(2)26(41)33-15-22-27(42)32-11-10-19(25(30)40)34-23(38)8-9-24(39)35-20(13-17-6-7-17)28(43)36-21(29(44)37-22)14-18-5-4-12-45-18/h3-5,8-9,12,17,19-22H,1,6-7,10-11,13-15H2,2H3,(H2,30,40)(H,32,42)(H,33,41)(H,34,38)(H,35,39)(H,36,43)(H,37,44)/b9-8?,31-16+. The molecule has 0 radical (unpaired) electrons. The molecule has 16 nitrogen and oxygen atoms in total. The minimum absolute atomic E-state index is 0.0535. The molecular weight excluding hydrogens is 588 g/mol. The Labute approximate surface area is 259 Å². The van der Waals surface area contributed by atoms with Crippen LogP contribution in [0.2, 0.25) is 0 Å². The summed E-state index contributed by atoms with van der Waals surface area (Å²) in [5.41, 5.74) is 5.46. The van der Waals surface area contributed by atoms with Gasteiger partial charge in [-0.05, 0) is 37.8 Å². The summed E-state index contributed by atoms with van der Waals surface area (Å²) < 4.78 is 5.38. The third-order valence-corrected chi connectivity index (χ3v) is 7.01. The minimum Gasteiger partial charge on any atom is -0.469 e. The van der Waals surface area contributed by atoms with Crippen LogP contribution in [-0.2, 0) is 40.0 Å². The molecule has 3 rings (SSSR count). The lowest BCUT2D eigenvalue weighted by Gasteiger charge is -2.25. The van der Waals surface area contributed by atoms with E-state index in [1.807, 2.05) is 0 Å². The number of hydrogen-bond donors (Lipinski definition) is 7. The third-order valence-electron chi connectivity index (χ3n) is 7.01. The van der Waals surface area contributed by atoms with Crippen LogP contribution in [0, 0.1) is 5.92 Å². The van der Waals surface area contributed by atoms with Crippen molar-refractivity contribution in [3.8, 4) is 0 Å². The summed E-state index contributed by atoms with van der Waals surface area (Å²) in [5.74, 6) is -4.69. The lowest BCUT2D eigenvalue weighted by atomic mass is 10.1. The van der Waals surface area contributed by atoms with Crippen molar-refractivity contribution in [1.82, 2.24) is 31.9 Å². The summed E-state index contributed by atoms with van der Waals surface area (Å²) >= 11 is 0. The molecular formula is C29H38N8O8. The van der Waals surface area contributed by atoms with Crippen LogP contribution < -0.4 is 37.6 Å². The maximum absolute atomic E-state index is 13.6. The van der Waals surface area contributed by atoms with E-state index in [0.717, 1.165) is 25.0 Å². The van der Waals surface area contributed by atoms with Gasteiger partial charge in [-0.3, -0.25) is 38.6 Å². The number of nitrogens with one attached hydrogen (secondary N) is 6. The van der Waals surface area contributed by atoms with Crippen LogP contribution in [-0.4, -0.2) is 84.3 Å². The second kappa shape index (κ2) is 16.5. The first-order chi connectivity index (χ1) is 21.5. The van der Waals surface area contributed by atoms with Crippen molar-refractivity contribution in [2.24, 2.45) is 16.6 Å². The molecule has 0 bridgehead atoms. The van der Waals surface area contributed by atoms with E-state index in [4.69, 9.17) is 10.2 Å². The van der Waals surface area contributed by atoms with Crippen LogP contribution in [0.1, 0.15) is 38.4 Å². The topological polar surface area (TPSA) is 243 Å². The molecule has 1 aliphatic carbocycles. The Hall–Kier alpha value is -5.28. The van der Waals surface area contributed by atoms with Crippen molar-refractivity contribution >= 4 is 47.1 Å². The largest absolute Gasteiger partial charge is 0.469 e. The average Bonchev–Trinajstić information content (AvgIpc) is 3.67. The first-order valence-corrected chi connectivity index (χ1v) is 14.4. The maximum Gasteiger partial charge on any atom is 0.265 e. The fourth-order valence-electron chi connectivity index (χ4n) is 4.37. The van der Waals surface area contributed by atoms with Gasteiger partial charge in [-0.25, -0.2) is 0 Å². The Balaban J connectivity index is 1.92. The van der Waals surface area contributed by atoms with Gasteiger partial charge in [0.25, 0.3) is 5.91 Å². The summed E-state index contributed by atoms with van der Waals surface area (Å²) in [6.07, 6.45) is 6.18. The predicted molar refractivity (Wildman–Crippen MR) is 160 cm³/mol. The van der Waals surface area contributed by atoms with E-state index in [-0.39, 0.29) is 37.6 Å². The number of rotatable bonds is 9. The molecule has 7 amide bonds. The zero-order valence-corrected chi connectivity index (χ0v) is 24.8. The highest BCUT2D eigenvalue weighted by atomic mass is 16.3. The zero-order valence-electron chi connectivity index (χ0n) is 24.8. The van der Waals surface area contributed by atoms with Crippen molar-refractivity contribution in [2.45, 2.75) is 63.2 Å². The quantitative estimate of drug-likeness (QED) is 0.149. The van der Waals surface area contributed by atoms with E-state index < -0.39 is 65.5 Å². The first-order valence-electron chi connectivity index (χ1n) is 14.4. The van der Waals surface area contributed by atoms with Gasteiger partial charge in [-0.1, -0.05) is 19.4 Å². The molecule has 4 atom stereocenters. The molecule has 16 heteroatoms. The van der Waals surface area contributed by atoms with Crippen LogP contribution in [0.4, 0.5) is 0 Å². The molecule has 1 aromatic rings. The van der Waals surface area contributed by atoms with Gasteiger partial charge in [0, 0.05) is 37.9 Å². The Morgan fingerprint density at radius 1 is 0.978 bits per heavy atom. The van der Waals surface area contributed by atoms with Gasteiger partial charge >= 0.3 is 0 Å². The molecule has 2 heterocycles. The van der Waals surface area contributed by atoms with Gasteiger partial charge in [-0.15, -0.1) is 0 Å². The SMILES string of the molecule is C=C/N=C(\C)C(=O)NCC1NC(=O)C(Cc2ccco2)NC(=O)C(CC2CC2)NC(=O)C=CC(=O)NC(C(N)=O)CCNC1=O. The molecule has 1 saturated carbocycles. The van der Waals surface area contributed by atoms with Gasteiger partial charge in [-0.2, -0.15) is 0 Å². The number of nitrogens with two attached hydrogens (primary N) is 1. The molecule has 45 heavy (non-hydrogen) atoms. The number of hydrogen-bond acceptors (Lipinski definition) is 9. The van der Waals surface area contributed by atoms with E-state index in [1.54, 1.807) is 12.1 Å². The summed E-state index contributed by atoms with van der Waals surface area (Å²) in [7, 11) is 0. The number of carbonyl (C=O) groups excluding carboxylic acids is 7. The van der Waals surface area contributed by atoms with Gasteiger partial charge in [0.05, 0.1) is 6.26 Å². The molecule has 242 valence electrons. The van der Waals surface area contributed by atoms with Crippen molar-refractivity contribution in [3.63, 3.8) is 0 Å². The molecule has 0 spiro atoms. The highest BCUT2D eigenvalue weighted by molar-refractivity contribution is 6.38. The molecule has 0 saturated heterocycles. The highest BCUT2D eigenvalue weighted by Gasteiger charge is 2.34. The Morgan fingerprint density at radius 2 is 1.64 bits per heavy atom. The van der Waals surface area contributed by atoms with Crippen molar-refractivity contribution in [2.75, 3.05) is 13.1 Å². The van der Waals surface area contributed by atoms with E-state index in [0.29, 0.717) is 12.2 Å². The summed E-state index contributed by atoms with van der Waals surface area (Å²) in [6.45, 7) is 4.33. The van der Waals surface area contributed by atoms with Gasteiger partial charge in [0.1, 0.15) is 35.6 Å². The molecule has 1 aromatic heterocycles. The van der Waals surface area contributed by atoms with Gasteiger partial charge < -0.3 is 42.1 Å². The van der Waals surface area contributed by atoms with Crippen LogP contribution in [0.25, 0.3) is 0 Å². The van der Waals surface area contributed by atoms with E-state index in [2.05, 4.69) is 43.5 Å². The molecule has 1 aliphatic heterocycles. The molecule has 4 unspecified atom stereocenters. The lowest BCUT2D eigenvalue weighted by Crippen LogP contribution is -2.59. The molecule has 2 aliphatic rings. The highest BCUT2D eigenvalue weighted by Crippen LogP contribution is 2.33. The summed E-state index contributed by atoms with van der Waals surface area (Å²) in [5, 5.41) is 15.2. The number of furan rings is 1. The number of carbonyl (C=O) groups is 7. The molecule has 8 N–H and O–H groups in total. The molecule has 1 fully saturated rings. The summed E-state index contributed by atoms with van der Waals surface area (Å²) in [4.78, 5) is 93.5. The number of primary amides is 1. The second-order valence-electron chi connectivity index (χ2n) is 10.6.